The predicted octanol–water partition coefficient (Wildman–Crippen LogP) is 3.48. The van der Waals surface area contributed by atoms with Crippen LogP contribution in [0.2, 0.25) is 0 Å². The highest BCUT2D eigenvalue weighted by atomic mass is 16.7. The average molecular weight is 351 g/mol. The third-order valence-electron chi connectivity index (χ3n) is 5.13. The van der Waals surface area contributed by atoms with Crippen molar-refractivity contribution in [3.63, 3.8) is 0 Å². The smallest absolute Gasteiger partial charge is 0.434 e. The molecule has 1 aliphatic heterocycles. The monoisotopic (exact) mass is 351 g/mol. The van der Waals surface area contributed by atoms with Gasteiger partial charge in [0.1, 0.15) is 6.61 Å². The lowest BCUT2D eigenvalue weighted by Crippen LogP contribution is -2.37. The van der Waals surface area contributed by atoms with Gasteiger partial charge in [0.2, 0.25) is 5.91 Å². The third-order valence-corrected chi connectivity index (χ3v) is 5.13. The molecule has 0 bridgehead atoms. The summed E-state index contributed by atoms with van der Waals surface area (Å²) in [7, 11) is 0. The van der Waals surface area contributed by atoms with Crippen molar-refractivity contribution in [1.82, 2.24) is 5.32 Å². The summed E-state index contributed by atoms with van der Waals surface area (Å²) < 4.78 is 10.6. The maximum Gasteiger partial charge on any atom is 0.508 e. The zero-order valence-electron chi connectivity index (χ0n) is 14.4. The molecule has 5 heteroatoms. The molecule has 1 fully saturated rings. The van der Waals surface area contributed by atoms with Gasteiger partial charge in [0.05, 0.1) is 6.61 Å². The predicted molar refractivity (Wildman–Crippen MR) is 96.8 cm³/mol. The Morgan fingerprint density at radius 1 is 0.962 bits per heavy atom. The first kappa shape index (κ1) is 16.6. The standard InChI is InChI=1S/C21H21NO4/c23-20-10-9-14(11-22-20)12-25-21(24)26-13-19-17-7-3-1-5-15(17)16-6-2-4-8-18(16)19/h1-8,14,19H,9-13H2,(H,22,23). The number of hydrogen-bond donors (Lipinski definition) is 1. The van der Waals surface area contributed by atoms with Gasteiger partial charge in [0.15, 0.2) is 0 Å². The first-order valence-corrected chi connectivity index (χ1v) is 8.97. The lowest BCUT2D eigenvalue weighted by Gasteiger charge is -2.22. The van der Waals surface area contributed by atoms with Crippen LogP contribution < -0.4 is 5.32 Å². The summed E-state index contributed by atoms with van der Waals surface area (Å²) in [6.07, 6.45) is 0.574. The molecule has 1 amide bonds. The third kappa shape index (κ3) is 3.29. The average Bonchev–Trinajstić information content (AvgIpc) is 3.00. The number of nitrogens with one attached hydrogen (secondary N) is 1. The van der Waals surface area contributed by atoms with Crippen molar-refractivity contribution in [2.45, 2.75) is 18.8 Å². The van der Waals surface area contributed by atoms with Crippen LogP contribution >= 0.6 is 0 Å². The Morgan fingerprint density at radius 3 is 2.19 bits per heavy atom. The van der Waals surface area contributed by atoms with Gasteiger partial charge in [-0.3, -0.25) is 4.79 Å². The summed E-state index contributed by atoms with van der Waals surface area (Å²) >= 11 is 0. The second-order valence-corrected chi connectivity index (χ2v) is 6.81. The first-order chi connectivity index (χ1) is 12.7. The van der Waals surface area contributed by atoms with E-state index in [2.05, 4.69) is 29.6 Å². The van der Waals surface area contributed by atoms with E-state index in [1.54, 1.807) is 0 Å². The van der Waals surface area contributed by atoms with Crippen LogP contribution in [0.5, 0.6) is 0 Å². The molecular formula is C21H21NO4. The van der Waals surface area contributed by atoms with Gasteiger partial charge >= 0.3 is 6.16 Å². The van der Waals surface area contributed by atoms with Crippen LogP contribution in [-0.4, -0.2) is 31.8 Å². The molecule has 2 aromatic carbocycles. The molecule has 1 aliphatic carbocycles. The largest absolute Gasteiger partial charge is 0.508 e. The Kier molecular flexibility index (Phi) is 4.61. The lowest BCUT2D eigenvalue weighted by atomic mass is 9.98. The Balaban J connectivity index is 1.36. The summed E-state index contributed by atoms with van der Waals surface area (Å²) in [5, 5.41) is 2.78. The highest BCUT2D eigenvalue weighted by Crippen LogP contribution is 2.44. The second-order valence-electron chi connectivity index (χ2n) is 6.81. The van der Waals surface area contributed by atoms with Gasteiger partial charge in [-0.25, -0.2) is 4.79 Å². The number of carbonyl (C=O) groups is 2. The molecule has 0 saturated carbocycles. The second kappa shape index (κ2) is 7.20. The van der Waals surface area contributed by atoms with Crippen LogP contribution in [0.25, 0.3) is 11.1 Å². The van der Waals surface area contributed by atoms with Crippen molar-refractivity contribution in [3.8, 4) is 11.1 Å². The highest BCUT2D eigenvalue weighted by molar-refractivity contribution is 5.79. The molecular weight excluding hydrogens is 330 g/mol. The summed E-state index contributed by atoms with van der Waals surface area (Å²) in [4.78, 5) is 23.2. The summed E-state index contributed by atoms with van der Waals surface area (Å²) in [5.74, 6) is 0.250. The van der Waals surface area contributed by atoms with Crippen LogP contribution in [0.4, 0.5) is 4.79 Å². The number of piperidine rings is 1. The van der Waals surface area contributed by atoms with Gasteiger partial charge in [-0.05, 0) is 28.7 Å². The van der Waals surface area contributed by atoms with Gasteiger partial charge in [-0.1, -0.05) is 48.5 Å². The SMILES string of the molecule is O=C1CCC(COC(=O)OCC2c3ccccc3-c3ccccc32)CN1. The number of carbonyl (C=O) groups excluding carboxylic acids is 2. The van der Waals surface area contributed by atoms with Gasteiger partial charge in [0, 0.05) is 24.8 Å². The summed E-state index contributed by atoms with van der Waals surface area (Å²) in [6, 6.07) is 16.4. The number of amides is 1. The maximum atomic E-state index is 12.0. The molecule has 1 saturated heterocycles. The van der Waals surface area contributed by atoms with Gasteiger partial charge in [-0.2, -0.15) is 0 Å². The van der Waals surface area contributed by atoms with E-state index in [9.17, 15) is 9.59 Å². The lowest BCUT2D eigenvalue weighted by molar-refractivity contribution is -0.123. The minimum absolute atomic E-state index is 0.0314. The van der Waals surface area contributed by atoms with Crippen LogP contribution in [0.1, 0.15) is 29.9 Å². The van der Waals surface area contributed by atoms with E-state index >= 15 is 0 Å². The van der Waals surface area contributed by atoms with Gasteiger partial charge in [-0.15, -0.1) is 0 Å². The fourth-order valence-electron chi connectivity index (χ4n) is 3.74. The van der Waals surface area contributed by atoms with Crippen molar-refractivity contribution >= 4 is 12.1 Å². The maximum absolute atomic E-state index is 12.0. The molecule has 1 atom stereocenters. The van der Waals surface area contributed by atoms with Crippen molar-refractivity contribution in [3.05, 3.63) is 59.7 Å². The molecule has 0 aromatic heterocycles. The molecule has 4 rings (SSSR count). The van der Waals surface area contributed by atoms with E-state index in [1.807, 2.05) is 24.3 Å². The first-order valence-electron chi connectivity index (χ1n) is 8.97. The molecule has 5 nitrogen and oxygen atoms in total. The Hall–Kier alpha value is -2.82. The minimum Gasteiger partial charge on any atom is -0.434 e. The number of rotatable bonds is 4. The molecule has 26 heavy (non-hydrogen) atoms. The fourth-order valence-corrected chi connectivity index (χ4v) is 3.74. The van der Waals surface area contributed by atoms with E-state index in [0.717, 1.165) is 6.42 Å². The molecule has 1 heterocycles. The topological polar surface area (TPSA) is 64.6 Å². The zero-order valence-corrected chi connectivity index (χ0v) is 14.4. The molecule has 134 valence electrons. The van der Waals surface area contributed by atoms with Crippen LogP contribution in [0.15, 0.2) is 48.5 Å². The van der Waals surface area contributed by atoms with E-state index in [0.29, 0.717) is 13.0 Å². The minimum atomic E-state index is -0.649. The van der Waals surface area contributed by atoms with Crippen molar-refractivity contribution in [2.24, 2.45) is 5.92 Å². The molecule has 2 aromatic rings. The number of fused-ring (bicyclic) bond motifs is 3. The van der Waals surface area contributed by atoms with Crippen LogP contribution in [-0.2, 0) is 14.3 Å². The van der Waals surface area contributed by atoms with Crippen molar-refractivity contribution in [2.75, 3.05) is 19.8 Å². The Morgan fingerprint density at radius 2 is 1.58 bits per heavy atom. The van der Waals surface area contributed by atoms with E-state index < -0.39 is 6.16 Å². The highest BCUT2D eigenvalue weighted by Gasteiger charge is 2.29. The van der Waals surface area contributed by atoms with Gasteiger partial charge in [0.25, 0.3) is 0 Å². The normalized spacial score (nSPS) is 18.6. The molecule has 0 radical (unpaired) electrons. The Labute approximate surface area is 152 Å². The fraction of sp³-hybridized carbons (Fsp3) is 0.333. The van der Waals surface area contributed by atoms with E-state index in [-0.39, 0.29) is 31.0 Å². The molecule has 2 aliphatic rings. The number of ether oxygens (including phenoxy) is 2. The Bertz CT molecular complexity index is 777. The number of hydrogen-bond acceptors (Lipinski definition) is 4. The molecule has 0 spiro atoms. The summed E-state index contributed by atoms with van der Waals surface area (Å²) in [6.45, 7) is 1.08. The van der Waals surface area contributed by atoms with Crippen LogP contribution in [0.3, 0.4) is 0 Å². The van der Waals surface area contributed by atoms with Crippen molar-refractivity contribution in [1.29, 1.82) is 0 Å². The van der Waals surface area contributed by atoms with Crippen LogP contribution in [0, 0.1) is 5.92 Å². The summed E-state index contributed by atoms with van der Waals surface area (Å²) in [5.41, 5.74) is 4.75. The quantitative estimate of drug-likeness (QED) is 0.857. The molecule has 1 unspecified atom stereocenters. The number of benzene rings is 2. The van der Waals surface area contributed by atoms with E-state index in [4.69, 9.17) is 9.47 Å². The zero-order chi connectivity index (χ0) is 17.9. The molecule has 1 N–H and O–H groups in total. The van der Waals surface area contributed by atoms with E-state index in [1.165, 1.54) is 22.3 Å². The van der Waals surface area contributed by atoms with Crippen molar-refractivity contribution < 1.29 is 19.1 Å². The van der Waals surface area contributed by atoms with Gasteiger partial charge < -0.3 is 14.8 Å².